The van der Waals surface area contributed by atoms with E-state index in [0.29, 0.717) is 47.8 Å². The molecule has 0 bridgehead atoms. The van der Waals surface area contributed by atoms with E-state index < -0.39 is 0 Å². The highest BCUT2D eigenvalue weighted by atomic mass is 16.7. The first kappa shape index (κ1) is 18.1. The number of ketones is 1. The number of rotatable bonds is 3. The first-order chi connectivity index (χ1) is 14.0. The summed E-state index contributed by atoms with van der Waals surface area (Å²) < 4.78 is 22.9. The van der Waals surface area contributed by atoms with E-state index in [2.05, 4.69) is 18.7 Å². The van der Waals surface area contributed by atoms with Gasteiger partial charge in [-0.15, -0.1) is 0 Å². The molecule has 6 heteroatoms. The summed E-state index contributed by atoms with van der Waals surface area (Å²) in [7, 11) is 0. The van der Waals surface area contributed by atoms with Gasteiger partial charge in [0.2, 0.25) is 12.6 Å². The third-order valence-electron chi connectivity index (χ3n) is 5.31. The largest absolute Gasteiger partial charge is 0.478 e. The van der Waals surface area contributed by atoms with Gasteiger partial charge in [-0.2, -0.15) is 0 Å². The fraction of sp³-hybridized carbons (Fsp3) is 0.348. The van der Waals surface area contributed by atoms with E-state index in [0.717, 1.165) is 29.0 Å². The van der Waals surface area contributed by atoms with Crippen LogP contribution in [-0.4, -0.2) is 30.8 Å². The molecule has 3 aliphatic rings. The Morgan fingerprint density at radius 2 is 1.93 bits per heavy atom. The number of nitrogens with zero attached hydrogens (tertiary/aromatic N) is 1. The smallest absolute Gasteiger partial charge is 0.232 e. The van der Waals surface area contributed by atoms with Crippen molar-refractivity contribution < 1.29 is 23.7 Å². The normalized spacial score (nSPS) is 18.6. The number of aryl methyl sites for hydroxylation is 1. The second-order valence-corrected chi connectivity index (χ2v) is 8.11. The topological polar surface area (TPSA) is 57.2 Å². The van der Waals surface area contributed by atoms with Crippen molar-refractivity contribution in [2.75, 3.05) is 20.1 Å². The number of benzene rings is 2. The van der Waals surface area contributed by atoms with E-state index in [9.17, 15) is 4.79 Å². The van der Waals surface area contributed by atoms with Crippen LogP contribution in [-0.2, 0) is 6.54 Å². The van der Waals surface area contributed by atoms with Crippen LogP contribution in [0, 0.1) is 12.8 Å². The first-order valence-electron chi connectivity index (χ1n) is 9.85. The van der Waals surface area contributed by atoms with E-state index in [4.69, 9.17) is 18.9 Å². The lowest BCUT2D eigenvalue weighted by Gasteiger charge is -2.31. The predicted molar refractivity (Wildman–Crippen MR) is 107 cm³/mol. The lowest BCUT2D eigenvalue weighted by atomic mass is 9.98. The van der Waals surface area contributed by atoms with E-state index >= 15 is 0 Å². The van der Waals surface area contributed by atoms with Crippen molar-refractivity contribution in [3.63, 3.8) is 0 Å². The third-order valence-corrected chi connectivity index (χ3v) is 5.31. The summed E-state index contributed by atoms with van der Waals surface area (Å²) in [5.41, 5.74) is 3.27. The van der Waals surface area contributed by atoms with Crippen molar-refractivity contribution in [1.29, 1.82) is 0 Å². The monoisotopic (exact) mass is 393 g/mol. The Labute approximate surface area is 169 Å². The van der Waals surface area contributed by atoms with Gasteiger partial charge in [0, 0.05) is 13.1 Å². The number of ether oxygens (including phenoxy) is 4. The molecule has 3 heterocycles. The number of fused-ring (bicyclic) bond motifs is 4. The molecule has 3 aliphatic heterocycles. The van der Waals surface area contributed by atoms with Gasteiger partial charge in [0.15, 0.2) is 17.3 Å². The van der Waals surface area contributed by atoms with E-state index in [1.54, 1.807) is 6.08 Å². The fourth-order valence-corrected chi connectivity index (χ4v) is 4.06. The van der Waals surface area contributed by atoms with Gasteiger partial charge in [-0.1, -0.05) is 19.9 Å². The molecule has 0 atom stereocenters. The molecule has 0 aromatic heterocycles. The van der Waals surface area contributed by atoms with Gasteiger partial charge in [0.05, 0.1) is 11.1 Å². The Morgan fingerprint density at radius 1 is 1.10 bits per heavy atom. The van der Waals surface area contributed by atoms with Crippen LogP contribution in [0.25, 0.3) is 6.08 Å². The summed E-state index contributed by atoms with van der Waals surface area (Å²) in [6, 6.07) is 7.53. The Kier molecular flexibility index (Phi) is 4.24. The minimum absolute atomic E-state index is 0.0982. The number of carbonyl (C=O) groups is 1. The molecular formula is C23H23NO5. The minimum Gasteiger partial charge on any atom is -0.478 e. The van der Waals surface area contributed by atoms with Crippen LogP contribution < -0.4 is 18.9 Å². The molecule has 0 radical (unpaired) electrons. The molecule has 150 valence electrons. The van der Waals surface area contributed by atoms with Crippen LogP contribution in [0.1, 0.15) is 40.9 Å². The van der Waals surface area contributed by atoms with Crippen molar-refractivity contribution in [2.45, 2.75) is 27.3 Å². The molecule has 0 spiro atoms. The number of Topliss-reactive ketones (excluding diaryl/α,β-unsaturated/α-hetero) is 1. The van der Waals surface area contributed by atoms with E-state index in [1.165, 1.54) is 0 Å². The van der Waals surface area contributed by atoms with Gasteiger partial charge in [-0.3, -0.25) is 9.69 Å². The Bertz CT molecular complexity index is 1040. The number of hydrogen-bond donors (Lipinski definition) is 0. The Morgan fingerprint density at radius 3 is 2.76 bits per heavy atom. The summed E-state index contributed by atoms with van der Waals surface area (Å²) >= 11 is 0. The summed E-state index contributed by atoms with van der Waals surface area (Å²) in [4.78, 5) is 15.3. The first-order valence-corrected chi connectivity index (χ1v) is 9.85. The molecule has 0 N–H and O–H groups in total. The quantitative estimate of drug-likeness (QED) is 0.731. The second-order valence-electron chi connectivity index (χ2n) is 8.11. The zero-order chi connectivity index (χ0) is 20.1. The average Bonchev–Trinajstić information content (AvgIpc) is 3.27. The van der Waals surface area contributed by atoms with Gasteiger partial charge in [-0.05, 0) is 48.2 Å². The summed E-state index contributed by atoms with van der Waals surface area (Å²) in [5.74, 6) is 3.57. The summed E-state index contributed by atoms with van der Waals surface area (Å²) in [6.45, 7) is 8.69. The van der Waals surface area contributed by atoms with Gasteiger partial charge < -0.3 is 18.9 Å². The molecule has 2 aromatic rings. The maximum atomic E-state index is 13.1. The van der Waals surface area contributed by atoms with Crippen molar-refractivity contribution in [1.82, 2.24) is 4.90 Å². The zero-order valence-corrected chi connectivity index (χ0v) is 16.8. The van der Waals surface area contributed by atoms with E-state index in [1.807, 2.05) is 31.2 Å². The lowest BCUT2D eigenvalue weighted by Crippen LogP contribution is -2.35. The predicted octanol–water partition coefficient (Wildman–Crippen LogP) is 4.15. The number of hydrogen-bond acceptors (Lipinski definition) is 6. The standard InChI is InChI=1S/C23H23NO5/c1-13(2)9-24-10-16-18(26-11-24)6-14(3)21-22(25)20(29-23(16)21)8-15-4-5-17-19(7-15)28-12-27-17/h4-8,13H,9-12H2,1-3H3/b20-8-. The molecule has 0 aliphatic carbocycles. The van der Waals surface area contributed by atoms with Crippen molar-refractivity contribution in [3.05, 3.63) is 52.3 Å². The summed E-state index contributed by atoms with van der Waals surface area (Å²) in [6.07, 6.45) is 1.76. The van der Waals surface area contributed by atoms with Crippen molar-refractivity contribution in [2.24, 2.45) is 5.92 Å². The SMILES string of the molecule is Cc1cc2c(c3c1C(=O)/C(=C/c1ccc4c(c1)OCO4)O3)CN(CC(C)C)CO2. The molecule has 0 fully saturated rings. The fourth-order valence-electron chi connectivity index (χ4n) is 4.06. The lowest BCUT2D eigenvalue weighted by molar-refractivity contribution is 0.0831. The number of carbonyl (C=O) groups excluding carboxylic acids is 1. The maximum Gasteiger partial charge on any atom is 0.232 e. The van der Waals surface area contributed by atoms with E-state index in [-0.39, 0.29) is 12.6 Å². The molecule has 5 rings (SSSR count). The molecule has 29 heavy (non-hydrogen) atoms. The van der Waals surface area contributed by atoms with Crippen molar-refractivity contribution in [3.8, 4) is 23.0 Å². The van der Waals surface area contributed by atoms with Crippen molar-refractivity contribution >= 4 is 11.9 Å². The molecule has 6 nitrogen and oxygen atoms in total. The summed E-state index contributed by atoms with van der Waals surface area (Å²) in [5, 5.41) is 0. The van der Waals surface area contributed by atoms with Crippen LogP contribution in [0.5, 0.6) is 23.0 Å². The highest BCUT2D eigenvalue weighted by Crippen LogP contribution is 2.44. The molecule has 2 aromatic carbocycles. The third kappa shape index (κ3) is 3.13. The van der Waals surface area contributed by atoms with Gasteiger partial charge in [0.25, 0.3) is 0 Å². The Hall–Kier alpha value is -2.99. The van der Waals surface area contributed by atoms with Crippen LogP contribution in [0.15, 0.2) is 30.0 Å². The maximum absolute atomic E-state index is 13.1. The van der Waals surface area contributed by atoms with Gasteiger partial charge in [-0.25, -0.2) is 0 Å². The highest BCUT2D eigenvalue weighted by Gasteiger charge is 2.35. The highest BCUT2D eigenvalue weighted by molar-refractivity contribution is 6.15. The van der Waals surface area contributed by atoms with Crippen LogP contribution in [0.4, 0.5) is 0 Å². The molecule has 0 amide bonds. The average molecular weight is 393 g/mol. The van der Waals surface area contributed by atoms with Gasteiger partial charge in [0.1, 0.15) is 18.2 Å². The zero-order valence-electron chi connectivity index (χ0n) is 16.8. The second kappa shape index (κ2) is 6.81. The van der Waals surface area contributed by atoms with Crippen LogP contribution in [0.3, 0.4) is 0 Å². The molecule has 0 saturated carbocycles. The van der Waals surface area contributed by atoms with Crippen LogP contribution in [0.2, 0.25) is 0 Å². The minimum atomic E-state index is -0.0982. The van der Waals surface area contributed by atoms with Crippen LogP contribution >= 0.6 is 0 Å². The molecule has 0 saturated heterocycles. The molecular weight excluding hydrogens is 370 g/mol. The number of allylic oxidation sites excluding steroid dienone is 1. The van der Waals surface area contributed by atoms with Gasteiger partial charge >= 0.3 is 0 Å². The molecule has 0 unspecified atom stereocenters. The Balaban J connectivity index is 1.50.